The summed E-state index contributed by atoms with van der Waals surface area (Å²) in [7, 11) is 0. The minimum absolute atomic E-state index is 0.0615. The molecule has 6 rings (SSSR count). The molecule has 2 aromatic rings. The predicted molar refractivity (Wildman–Crippen MR) is 101 cm³/mol. The Morgan fingerprint density at radius 2 is 2.04 bits per heavy atom. The van der Waals surface area contributed by atoms with E-state index in [4.69, 9.17) is 0 Å². The summed E-state index contributed by atoms with van der Waals surface area (Å²) in [5, 5.41) is 14.3. The zero-order chi connectivity index (χ0) is 18.8. The maximum Gasteiger partial charge on any atom is 0.230 e. The molecular weight excluding hydrogens is 413 g/mol. The number of nitrogens with zero attached hydrogens (tertiary/aromatic N) is 4. The van der Waals surface area contributed by atoms with Crippen LogP contribution in [-0.2, 0) is 4.79 Å². The van der Waals surface area contributed by atoms with Gasteiger partial charge < -0.3 is 5.32 Å². The fourth-order valence-electron chi connectivity index (χ4n) is 5.89. The molecule has 0 spiro atoms. The van der Waals surface area contributed by atoms with Crippen molar-refractivity contribution in [2.45, 2.75) is 49.8 Å². The van der Waals surface area contributed by atoms with E-state index in [1.807, 2.05) is 0 Å². The van der Waals surface area contributed by atoms with Crippen molar-refractivity contribution in [2.75, 3.05) is 5.32 Å². The smallest absolute Gasteiger partial charge is 0.230 e. The number of aromatic nitrogens is 4. The fourth-order valence-corrected chi connectivity index (χ4v) is 7.34. The Labute approximate surface area is 165 Å². The van der Waals surface area contributed by atoms with E-state index in [-0.39, 0.29) is 21.3 Å². The van der Waals surface area contributed by atoms with Crippen molar-refractivity contribution >= 4 is 27.5 Å². The number of benzene rings is 1. The van der Waals surface area contributed by atoms with Gasteiger partial charge in [-0.05, 0) is 85.9 Å². The van der Waals surface area contributed by atoms with E-state index < -0.39 is 5.82 Å². The highest BCUT2D eigenvalue weighted by Gasteiger charge is 2.59. The third kappa shape index (κ3) is 2.80. The normalized spacial score (nSPS) is 34.0. The third-order valence-electron chi connectivity index (χ3n) is 6.53. The van der Waals surface area contributed by atoms with Crippen LogP contribution < -0.4 is 5.32 Å². The van der Waals surface area contributed by atoms with Gasteiger partial charge in [0.2, 0.25) is 5.91 Å². The predicted octanol–water partition coefficient (Wildman–Crippen LogP) is 3.78. The highest BCUT2D eigenvalue weighted by molar-refractivity contribution is 9.10. The van der Waals surface area contributed by atoms with Crippen LogP contribution in [-0.4, -0.2) is 30.4 Å². The lowest BCUT2D eigenvalue weighted by Gasteiger charge is -2.59. The molecular formula is C19H21BrFN5O. The Kier molecular flexibility index (Phi) is 3.73. The lowest BCUT2D eigenvalue weighted by molar-refractivity contribution is -0.138. The molecule has 142 valence electrons. The number of carbonyl (C=O) groups excluding carboxylic acids is 1. The number of anilines is 1. The second-order valence-electron chi connectivity index (χ2n) is 8.65. The van der Waals surface area contributed by atoms with Crippen LogP contribution in [0.4, 0.5) is 10.1 Å². The van der Waals surface area contributed by atoms with Crippen molar-refractivity contribution < 1.29 is 9.18 Å². The van der Waals surface area contributed by atoms with E-state index in [1.165, 1.54) is 30.0 Å². The second kappa shape index (κ2) is 5.83. The number of halogens is 2. The molecule has 4 saturated carbocycles. The van der Waals surface area contributed by atoms with Crippen molar-refractivity contribution in [1.29, 1.82) is 0 Å². The molecule has 0 saturated heterocycles. The summed E-state index contributed by atoms with van der Waals surface area (Å²) in [6.07, 6.45) is 6.42. The summed E-state index contributed by atoms with van der Waals surface area (Å²) in [5.41, 5.74) is 0.496. The highest BCUT2D eigenvalue weighted by atomic mass is 79.9. The average Bonchev–Trinajstić information content (AvgIpc) is 3.00. The average molecular weight is 434 g/mol. The molecule has 2 unspecified atom stereocenters. The van der Waals surface area contributed by atoms with E-state index in [1.54, 1.807) is 19.1 Å². The van der Waals surface area contributed by atoms with Gasteiger partial charge in [-0.3, -0.25) is 4.79 Å². The summed E-state index contributed by atoms with van der Waals surface area (Å²) in [4.78, 5) is 13.3. The van der Waals surface area contributed by atoms with Crippen LogP contribution in [0, 0.1) is 30.0 Å². The Hall–Kier alpha value is -1.83. The van der Waals surface area contributed by atoms with Crippen LogP contribution in [0.5, 0.6) is 0 Å². The topological polar surface area (TPSA) is 72.7 Å². The van der Waals surface area contributed by atoms with Gasteiger partial charge in [-0.2, -0.15) is 4.68 Å². The lowest BCUT2D eigenvalue weighted by atomic mass is 9.49. The number of tetrazole rings is 1. The van der Waals surface area contributed by atoms with Crippen LogP contribution in [0.15, 0.2) is 18.2 Å². The minimum Gasteiger partial charge on any atom is -0.326 e. The van der Waals surface area contributed by atoms with E-state index in [0.717, 1.165) is 19.3 Å². The maximum absolute atomic E-state index is 14.3. The Balaban J connectivity index is 1.43. The summed E-state index contributed by atoms with van der Waals surface area (Å²) in [6.45, 7) is 1.70. The van der Waals surface area contributed by atoms with Crippen LogP contribution in [0.3, 0.4) is 0 Å². The molecule has 1 amide bonds. The SMILES string of the molecule is Cc1nnnn1-c1cc(NC(=O)C23CC4CC(CC(Br)(C4)C2)C3)ccc1F. The minimum atomic E-state index is -0.433. The zero-order valence-corrected chi connectivity index (χ0v) is 16.7. The van der Waals surface area contributed by atoms with Gasteiger partial charge in [0.05, 0.1) is 5.41 Å². The molecule has 4 fully saturated rings. The molecule has 8 heteroatoms. The van der Waals surface area contributed by atoms with Crippen molar-refractivity contribution in [1.82, 2.24) is 20.2 Å². The van der Waals surface area contributed by atoms with E-state index in [2.05, 4.69) is 36.8 Å². The van der Waals surface area contributed by atoms with Gasteiger partial charge in [0.25, 0.3) is 0 Å². The quantitative estimate of drug-likeness (QED) is 0.747. The highest BCUT2D eigenvalue weighted by Crippen LogP contribution is 2.64. The maximum atomic E-state index is 14.3. The molecule has 1 aromatic carbocycles. The third-order valence-corrected chi connectivity index (χ3v) is 7.46. The monoisotopic (exact) mass is 433 g/mol. The first-order valence-electron chi connectivity index (χ1n) is 9.41. The van der Waals surface area contributed by atoms with Crippen LogP contribution in [0.25, 0.3) is 5.69 Å². The first kappa shape index (κ1) is 17.3. The number of amides is 1. The van der Waals surface area contributed by atoms with Gasteiger partial charge in [0, 0.05) is 10.0 Å². The first-order chi connectivity index (χ1) is 12.9. The van der Waals surface area contributed by atoms with E-state index in [0.29, 0.717) is 23.3 Å². The summed E-state index contributed by atoms with van der Waals surface area (Å²) in [6, 6.07) is 4.54. The Morgan fingerprint density at radius 1 is 1.30 bits per heavy atom. The summed E-state index contributed by atoms with van der Waals surface area (Å²) < 4.78 is 15.7. The van der Waals surface area contributed by atoms with Gasteiger partial charge in [-0.15, -0.1) is 5.10 Å². The number of nitrogens with one attached hydrogen (secondary N) is 1. The largest absolute Gasteiger partial charge is 0.326 e. The Morgan fingerprint density at radius 3 is 2.67 bits per heavy atom. The molecule has 6 nitrogen and oxygen atoms in total. The molecule has 4 aliphatic carbocycles. The molecule has 4 bridgehead atoms. The molecule has 1 heterocycles. The first-order valence-corrected chi connectivity index (χ1v) is 10.2. The van der Waals surface area contributed by atoms with Crippen LogP contribution in [0.2, 0.25) is 0 Å². The van der Waals surface area contributed by atoms with Crippen LogP contribution >= 0.6 is 15.9 Å². The lowest BCUT2D eigenvalue weighted by Crippen LogP contribution is -2.57. The number of hydrogen-bond acceptors (Lipinski definition) is 4. The molecule has 2 atom stereocenters. The molecule has 0 aliphatic heterocycles. The second-order valence-corrected chi connectivity index (χ2v) is 10.3. The summed E-state index contributed by atoms with van der Waals surface area (Å²) in [5.74, 6) is 1.37. The molecule has 1 aromatic heterocycles. The van der Waals surface area contributed by atoms with Crippen molar-refractivity contribution in [2.24, 2.45) is 17.3 Å². The molecule has 27 heavy (non-hydrogen) atoms. The number of rotatable bonds is 3. The molecule has 4 aliphatic rings. The van der Waals surface area contributed by atoms with Gasteiger partial charge in [0.15, 0.2) is 5.82 Å². The van der Waals surface area contributed by atoms with E-state index >= 15 is 0 Å². The Bertz CT molecular complexity index is 915. The van der Waals surface area contributed by atoms with E-state index in [9.17, 15) is 9.18 Å². The van der Waals surface area contributed by atoms with Gasteiger partial charge >= 0.3 is 0 Å². The van der Waals surface area contributed by atoms with Crippen molar-refractivity contribution in [3.63, 3.8) is 0 Å². The zero-order valence-electron chi connectivity index (χ0n) is 15.1. The number of alkyl halides is 1. The number of carbonyl (C=O) groups is 1. The van der Waals surface area contributed by atoms with Gasteiger partial charge in [-0.25, -0.2) is 4.39 Å². The van der Waals surface area contributed by atoms with Crippen LogP contribution in [0.1, 0.15) is 44.3 Å². The molecule has 1 N–H and O–H groups in total. The fraction of sp³-hybridized carbons (Fsp3) is 0.579. The summed E-state index contributed by atoms with van der Waals surface area (Å²) >= 11 is 3.95. The number of aryl methyl sites for hydroxylation is 1. The van der Waals surface area contributed by atoms with Gasteiger partial charge in [0.1, 0.15) is 11.5 Å². The van der Waals surface area contributed by atoms with Crippen molar-refractivity contribution in [3.8, 4) is 5.69 Å². The van der Waals surface area contributed by atoms with Gasteiger partial charge in [-0.1, -0.05) is 15.9 Å². The standard InChI is InChI=1S/C19H21BrFN5O/c1-11-23-24-25-26(11)16-5-14(2-3-15(16)21)22-17(27)18-6-12-4-13(7-18)9-19(20,8-12)10-18/h2-3,5,12-13H,4,6-10H2,1H3,(H,22,27). The van der Waals surface area contributed by atoms with Crippen molar-refractivity contribution in [3.05, 3.63) is 29.8 Å². The number of hydrogen-bond donors (Lipinski definition) is 1. The molecule has 0 radical (unpaired) electrons.